The molecule has 1 aromatic rings. The van der Waals surface area contributed by atoms with Gasteiger partial charge in [-0.15, -0.1) is 0 Å². The van der Waals surface area contributed by atoms with E-state index in [1.165, 1.54) is 6.92 Å². The lowest BCUT2D eigenvalue weighted by atomic mass is 10.0. The molecule has 0 spiro atoms. The maximum Gasteiger partial charge on any atom is 0.342 e. The number of ether oxygens (including phenoxy) is 1. The van der Waals surface area contributed by atoms with Crippen molar-refractivity contribution in [3.05, 3.63) is 29.6 Å². The average molecular weight is 245 g/mol. The molecule has 0 heterocycles. The van der Waals surface area contributed by atoms with Crippen LogP contribution < -0.4 is 5.73 Å². The Kier molecular flexibility index (Phi) is 4.39. The van der Waals surface area contributed by atoms with Crippen LogP contribution in [0.3, 0.4) is 0 Å². The highest BCUT2D eigenvalue weighted by Crippen LogP contribution is 2.27. The molecule has 0 aromatic heterocycles. The topological polar surface area (TPSA) is 72.5 Å². The number of halogens is 2. The van der Waals surface area contributed by atoms with Gasteiger partial charge in [-0.25, -0.2) is 13.6 Å². The van der Waals surface area contributed by atoms with Gasteiger partial charge in [-0.3, -0.25) is 0 Å². The van der Waals surface area contributed by atoms with Crippen molar-refractivity contribution in [2.24, 2.45) is 5.73 Å². The second kappa shape index (κ2) is 5.58. The van der Waals surface area contributed by atoms with E-state index in [-0.39, 0.29) is 17.9 Å². The maximum absolute atomic E-state index is 13.5. The van der Waals surface area contributed by atoms with Crippen LogP contribution >= 0.6 is 0 Å². The molecular weight excluding hydrogens is 232 g/mol. The molecule has 0 bridgehead atoms. The summed E-state index contributed by atoms with van der Waals surface area (Å²) in [6.07, 6.45) is -2.15. The number of phenolic OH excluding ortho intramolecular Hbond substituents is 1. The summed E-state index contributed by atoms with van der Waals surface area (Å²) in [5, 5.41) is 9.40. The number of hydrogen-bond acceptors (Lipinski definition) is 4. The van der Waals surface area contributed by atoms with E-state index >= 15 is 0 Å². The highest BCUT2D eigenvalue weighted by atomic mass is 19.1. The Morgan fingerprint density at radius 2 is 2.24 bits per heavy atom. The van der Waals surface area contributed by atoms with Gasteiger partial charge in [0, 0.05) is 5.56 Å². The summed E-state index contributed by atoms with van der Waals surface area (Å²) in [6.45, 7) is 1.54. The quantitative estimate of drug-likeness (QED) is 0.787. The van der Waals surface area contributed by atoms with Gasteiger partial charge in [0.2, 0.25) is 6.17 Å². The number of carbonyl (C=O) groups excluding carboxylic acids is 1. The van der Waals surface area contributed by atoms with Crippen LogP contribution in [0.4, 0.5) is 8.78 Å². The molecular formula is C11H13F2NO3. The molecule has 17 heavy (non-hydrogen) atoms. The summed E-state index contributed by atoms with van der Waals surface area (Å²) in [4.78, 5) is 11.1. The van der Waals surface area contributed by atoms with Gasteiger partial charge in [0.15, 0.2) is 0 Å². The predicted octanol–water partition coefficient (Wildman–Crippen LogP) is 1.43. The summed E-state index contributed by atoms with van der Waals surface area (Å²) >= 11 is 0. The molecule has 1 rings (SSSR count). The third-order valence-electron chi connectivity index (χ3n) is 2.18. The molecule has 1 aromatic carbocycles. The minimum Gasteiger partial charge on any atom is -0.508 e. The van der Waals surface area contributed by atoms with Gasteiger partial charge in [-0.2, -0.15) is 0 Å². The van der Waals surface area contributed by atoms with Crippen molar-refractivity contribution in [2.75, 3.05) is 6.61 Å². The van der Waals surface area contributed by atoms with Gasteiger partial charge < -0.3 is 15.6 Å². The van der Waals surface area contributed by atoms with Gasteiger partial charge in [0.1, 0.15) is 11.6 Å². The van der Waals surface area contributed by atoms with Crippen LogP contribution in [0.25, 0.3) is 0 Å². The first-order valence-corrected chi connectivity index (χ1v) is 5.02. The molecule has 0 amide bonds. The number of aromatic hydroxyl groups is 1. The first-order chi connectivity index (χ1) is 7.97. The van der Waals surface area contributed by atoms with Crippen LogP contribution in [-0.2, 0) is 9.53 Å². The summed E-state index contributed by atoms with van der Waals surface area (Å²) in [6, 6.07) is 1.46. The smallest absolute Gasteiger partial charge is 0.342 e. The Hall–Kier alpha value is -1.69. The van der Waals surface area contributed by atoms with E-state index in [9.17, 15) is 18.7 Å². The van der Waals surface area contributed by atoms with Gasteiger partial charge in [-0.1, -0.05) is 0 Å². The lowest BCUT2D eigenvalue weighted by molar-refractivity contribution is -0.149. The molecule has 0 radical (unpaired) electrons. The fourth-order valence-corrected chi connectivity index (χ4v) is 1.32. The molecule has 0 aliphatic heterocycles. The van der Waals surface area contributed by atoms with E-state index in [1.807, 2.05) is 0 Å². The fourth-order valence-electron chi connectivity index (χ4n) is 1.32. The number of phenols is 1. The Bertz CT molecular complexity index is 412. The summed E-state index contributed by atoms with van der Waals surface area (Å²) in [5.41, 5.74) is 5.26. The largest absolute Gasteiger partial charge is 0.508 e. The first-order valence-electron chi connectivity index (χ1n) is 5.02. The van der Waals surface area contributed by atoms with Crippen LogP contribution in [0.5, 0.6) is 5.75 Å². The van der Waals surface area contributed by atoms with E-state index in [0.717, 1.165) is 18.2 Å². The first kappa shape index (κ1) is 13.4. The van der Waals surface area contributed by atoms with Gasteiger partial charge in [0.05, 0.1) is 12.6 Å². The number of benzene rings is 1. The molecule has 4 nitrogen and oxygen atoms in total. The van der Waals surface area contributed by atoms with Crippen LogP contribution in [0, 0.1) is 5.82 Å². The van der Waals surface area contributed by atoms with Gasteiger partial charge in [0.25, 0.3) is 0 Å². The summed E-state index contributed by atoms with van der Waals surface area (Å²) in [7, 11) is 0. The van der Waals surface area contributed by atoms with E-state index in [4.69, 9.17) is 5.73 Å². The van der Waals surface area contributed by atoms with Crippen LogP contribution in [0.15, 0.2) is 18.2 Å². The number of hydrogen-bond donors (Lipinski definition) is 2. The predicted molar refractivity (Wildman–Crippen MR) is 56.5 cm³/mol. The third-order valence-corrected chi connectivity index (χ3v) is 2.18. The molecule has 0 aliphatic carbocycles. The Morgan fingerprint density at radius 1 is 1.59 bits per heavy atom. The van der Waals surface area contributed by atoms with E-state index < -0.39 is 24.0 Å². The normalized spacial score (nSPS) is 14.1. The zero-order valence-electron chi connectivity index (χ0n) is 9.19. The summed E-state index contributed by atoms with van der Waals surface area (Å²) in [5.74, 6) is -2.18. The van der Waals surface area contributed by atoms with Gasteiger partial charge >= 0.3 is 5.97 Å². The maximum atomic E-state index is 13.5. The minimum absolute atomic E-state index is 0.0150. The van der Waals surface area contributed by atoms with Crippen molar-refractivity contribution in [3.8, 4) is 5.75 Å². The minimum atomic E-state index is -2.15. The molecule has 0 saturated heterocycles. The fraction of sp³-hybridized carbons (Fsp3) is 0.364. The number of nitrogens with two attached hydrogens (primary N) is 1. The summed E-state index contributed by atoms with van der Waals surface area (Å²) < 4.78 is 30.9. The van der Waals surface area contributed by atoms with Crippen LogP contribution in [0.1, 0.15) is 18.5 Å². The number of carbonyl (C=O) groups is 1. The molecule has 94 valence electrons. The zero-order chi connectivity index (χ0) is 13.0. The van der Waals surface area contributed by atoms with E-state index in [0.29, 0.717) is 0 Å². The van der Waals surface area contributed by atoms with Crippen LogP contribution in [-0.4, -0.2) is 23.9 Å². The molecule has 1 unspecified atom stereocenters. The van der Waals surface area contributed by atoms with E-state index in [2.05, 4.69) is 4.74 Å². The molecule has 0 aliphatic rings. The van der Waals surface area contributed by atoms with Gasteiger partial charge in [-0.05, 0) is 25.1 Å². The molecule has 0 fully saturated rings. The SMILES string of the molecule is CCOC(=O)C(F)[C@H](N)c1cc(F)ccc1O. The van der Waals surface area contributed by atoms with Crippen molar-refractivity contribution in [1.29, 1.82) is 0 Å². The van der Waals surface area contributed by atoms with Crippen molar-refractivity contribution >= 4 is 5.97 Å². The Balaban J connectivity index is 2.91. The highest BCUT2D eigenvalue weighted by Gasteiger charge is 2.29. The average Bonchev–Trinajstić information content (AvgIpc) is 2.30. The lowest BCUT2D eigenvalue weighted by Gasteiger charge is -2.16. The second-order valence-corrected chi connectivity index (χ2v) is 3.38. The monoisotopic (exact) mass is 245 g/mol. The molecule has 2 atom stereocenters. The second-order valence-electron chi connectivity index (χ2n) is 3.38. The number of esters is 1. The van der Waals surface area contributed by atoms with Crippen molar-refractivity contribution in [2.45, 2.75) is 19.1 Å². The van der Waals surface area contributed by atoms with Crippen molar-refractivity contribution in [1.82, 2.24) is 0 Å². The lowest BCUT2D eigenvalue weighted by Crippen LogP contribution is -2.31. The number of alkyl halides is 1. The third kappa shape index (κ3) is 3.13. The zero-order valence-corrected chi connectivity index (χ0v) is 9.19. The standard InChI is InChI=1S/C11H13F2NO3/c1-2-17-11(16)9(13)10(14)7-5-6(12)3-4-8(7)15/h3-5,9-10,15H,2,14H2,1H3/t9?,10-/m1/s1. The van der Waals surface area contributed by atoms with E-state index in [1.54, 1.807) is 0 Å². The van der Waals surface area contributed by atoms with Crippen LogP contribution in [0.2, 0.25) is 0 Å². The van der Waals surface area contributed by atoms with Crippen molar-refractivity contribution in [3.63, 3.8) is 0 Å². The number of rotatable bonds is 4. The Morgan fingerprint density at radius 3 is 2.82 bits per heavy atom. The van der Waals surface area contributed by atoms with Crippen molar-refractivity contribution < 1.29 is 23.4 Å². The molecule has 6 heteroatoms. The Labute approximate surface area is 97.0 Å². The highest BCUT2D eigenvalue weighted by molar-refractivity contribution is 5.76. The molecule has 3 N–H and O–H groups in total. The molecule has 0 saturated carbocycles.